The fourth-order valence-corrected chi connectivity index (χ4v) is 2.55. The smallest absolute Gasteiger partial charge is 0.0721 e. The Morgan fingerprint density at radius 2 is 1.94 bits per heavy atom. The van der Waals surface area contributed by atoms with E-state index in [9.17, 15) is 0 Å². The summed E-state index contributed by atoms with van der Waals surface area (Å²) in [5.74, 6) is 2.44. The molecule has 0 amide bonds. The van der Waals surface area contributed by atoms with Crippen LogP contribution in [0.3, 0.4) is 0 Å². The summed E-state index contributed by atoms with van der Waals surface area (Å²) in [4.78, 5) is 0. The van der Waals surface area contributed by atoms with Crippen molar-refractivity contribution in [1.82, 2.24) is 0 Å². The van der Waals surface area contributed by atoms with Crippen LogP contribution in [0.2, 0.25) is 0 Å². The normalized spacial score (nSPS) is 17.3. The topological polar surface area (TPSA) is 29.5 Å². The largest absolute Gasteiger partial charge is 0.400 e. The highest BCUT2D eigenvalue weighted by Gasteiger charge is 2.15. The van der Waals surface area contributed by atoms with Crippen LogP contribution in [0.15, 0.2) is 30.3 Å². The van der Waals surface area contributed by atoms with E-state index >= 15 is 0 Å². The fourth-order valence-electron chi connectivity index (χ4n) is 1.43. The van der Waals surface area contributed by atoms with Crippen LogP contribution in [-0.4, -0.2) is 29.8 Å². The van der Waals surface area contributed by atoms with E-state index in [1.807, 2.05) is 17.8 Å². The van der Waals surface area contributed by atoms with E-state index in [0.29, 0.717) is 6.10 Å². The molecule has 1 unspecified atom stereocenters. The minimum absolute atomic E-state index is 0.491. The average Bonchev–Trinajstić information content (AvgIpc) is 2.95. The van der Waals surface area contributed by atoms with Gasteiger partial charge in [0, 0.05) is 12.9 Å². The van der Waals surface area contributed by atoms with Gasteiger partial charge in [0.2, 0.25) is 0 Å². The summed E-state index contributed by atoms with van der Waals surface area (Å²) < 4.78 is 5.77. The van der Waals surface area contributed by atoms with E-state index in [4.69, 9.17) is 9.84 Å². The van der Waals surface area contributed by atoms with Gasteiger partial charge < -0.3 is 9.84 Å². The van der Waals surface area contributed by atoms with E-state index < -0.39 is 0 Å². The van der Waals surface area contributed by atoms with Crippen molar-refractivity contribution in [3.05, 3.63) is 35.9 Å². The van der Waals surface area contributed by atoms with E-state index in [2.05, 4.69) is 37.1 Å². The Hall–Kier alpha value is -0.950. The molecule has 1 saturated heterocycles. The van der Waals surface area contributed by atoms with Gasteiger partial charge in [-0.2, -0.15) is 11.8 Å². The van der Waals surface area contributed by atoms with Gasteiger partial charge >= 0.3 is 0 Å². The summed E-state index contributed by atoms with van der Waals surface area (Å²) in [6.45, 7) is 0.770. The Balaban J connectivity index is 0.000000581. The van der Waals surface area contributed by atoms with Crippen LogP contribution in [0.5, 0.6) is 0 Å². The zero-order valence-electron chi connectivity index (χ0n) is 10.2. The van der Waals surface area contributed by atoms with Crippen LogP contribution < -0.4 is 0 Å². The molecular formula is C14H20O2S. The van der Waals surface area contributed by atoms with Crippen molar-refractivity contribution < 1.29 is 9.84 Å². The molecule has 0 spiro atoms. The Morgan fingerprint density at radius 1 is 1.29 bits per heavy atom. The molecule has 2 nitrogen and oxygen atoms in total. The SMILES string of the molecule is C#C.CO.c1ccc(COC2CCSC2)cc1. The molecule has 1 atom stereocenters. The van der Waals surface area contributed by atoms with Crippen molar-refractivity contribution in [3.8, 4) is 12.8 Å². The second-order valence-corrected chi connectivity index (χ2v) is 4.43. The number of hydrogen-bond acceptors (Lipinski definition) is 3. The summed E-state index contributed by atoms with van der Waals surface area (Å²) in [6, 6.07) is 10.4. The second-order valence-electron chi connectivity index (χ2n) is 3.28. The summed E-state index contributed by atoms with van der Waals surface area (Å²) in [6.07, 6.45) is 9.71. The van der Waals surface area contributed by atoms with E-state index in [1.165, 1.54) is 23.5 Å². The molecular weight excluding hydrogens is 232 g/mol. The first kappa shape index (κ1) is 16.1. The molecule has 0 saturated carbocycles. The third kappa shape index (κ3) is 7.06. The number of terminal acetylenes is 1. The number of rotatable bonds is 3. The predicted molar refractivity (Wildman–Crippen MR) is 75.0 cm³/mol. The summed E-state index contributed by atoms with van der Waals surface area (Å²) in [5, 5.41) is 7.00. The van der Waals surface area contributed by atoms with Crippen LogP contribution >= 0.6 is 11.8 Å². The maximum absolute atomic E-state index is 7.00. The van der Waals surface area contributed by atoms with E-state index in [1.54, 1.807) is 0 Å². The van der Waals surface area contributed by atoms with E-state index in [-0.39, 0.29) is 0 Å². The Morgan fingerprint density at radius 3 is 2.47 bits per heavy atom. The van der Waals surface area contributed by atoms with Gasteiger partial charge in [0.1, 0.15) is 0 Å². The van der Waals surface area contributed by atoms with Crippen LogP contribution in [-0.2, 0) is 11.3 Å². The minimum atomic E-state index is 0.491. The van der Waals surface area contributed by atoms with Crippen LogP contribution in [0.1, 0.15) is 12.0 Å². The van der Waals surface area contributed by atoms with Gasteiger partial charge in [0.15, 0.2) is 0 Å². The first-order valence-electron chi connectivity index (χ1n) is 5.46. The molecule has 1 heterocycles. The number of ether oxygens (including phenoxy) is 1. The molecule has 1 aromatic carbocycles. The fraction of sp³-hybridized carbons (Fsp3) is 0.429. The first-order chi connectivity index (χ1) is 8.45. The molecule has 17 heavy (non-hydrogen) atoms. The highest BCUT2D eigenvalue weighted by Crippen LogP contribution is 2.20. The molecule has 0 aliphatic carbocycles. The van der Waals surface area contributed by atoms with Crippen molar-refractivity contribution in [1.29, 1.82) is 0 Å². The maximum Gasteiger partial charge on any atom is 0.0721 e. The molecule has 1 aromatic rings. The number of benzene rings is 1. The van der Waals surface area contributed by atoms with Crippen molar-refractivity contribution in [2.45, 2.75) is 19.1 Å². The van der Waals surface area contributed by atoms with Crippen molar-refractivity contribution in [3.63, 3.8) is 0 Å². The molecule has 2 rings (SSSR count). The number of hydrogen-bond donors (Lipinski definition) is 1. The van der Waals surface area contributed by atoms with Crippen LogP contribution in [0.25, 0.3) is 0 Å². The lowest BCUT2D eigenvalue weighted by molar-refractivity contribution is 0.0583. The van der Waals surface area contributed by atoms with Crippen molar-refractivity contribution >= 4 is 11.8 Å². The maximum atomic E-state index is 7.00. The summed E-state index contributed by atoms with van der Waals surface area (Å²) in [7, 11) is 1.00. The zero-order chi connectivity index (χ0) is 12.9. The van der Waals surface area contributed by atoms with Crippen molar-refractivity contribution in [2.75, 3.05) is 18.6 Å². The monoisotopic (exact) mass is 252 g/mol. The van der Waals surface area contributed by atoms with Gasteiger partial charge in [0.25, 0.3) is 0 Å². The molecule has 3 heteroatoms. The van der Waals surface area contributed by atoms with Gasteiger partial charge in [0.05, 0.1) is 12.7 Å². The highest BCUT2D eigenvalue weighted by molar-refractivity contribution is 7.99. The molecule has 0 radical (unpaired) electrons. The Kier molecular flexibility index (Phi) is 10.9. The standard InChI is InChI=1S/C11H14OS.C2H2.CH4O/c1-2-4-10(5-3-1)8-12-11-6-7-13-9-11;2*1-2/h1-5,11H,6-9H2;1-2H;2H,1H3. The van der Waals surface area contributed by atoms with Gasteiger partial charge in [-0.1, -0.05) is 30.3 Å². The van der Waals surface area contributed by atoms with Gasteiger partial charge in [-0.3, -0.25) is 0 Å². The average molecular weight is 252 g/mol. The molecule has 1 aliphatic heterocycles. The van der Waals surface area contributed by atoms with Crippen molar-refractivity contribution in [2.24, 2.45) is 0 Å². The number of aliphatic hydroxyl groups is 1. The lowest BCUT2D eigenvalue weighted by Gasteiger charge is -2.09. The molecule has 1 fully saturated rings. The molecule has 1 aliphatic rings. The molecule has 0 bridgehead atoms. The molecule has 94 valence electrons. The van der Waals surface area contributed by atoms with Crippen LogP contribution in [0, 0.1) is 12.8 Å². The lowest BCUT2D eigenvalue weighted by atomic mass is 10.2. The van der Waals surface area contributed by atoms with Gasteiger partial charge in [-0.05, 0) is 17.7 Å². The minimum Gasteiger partial charge on any atom is -0.400 e. The molecule has 1 N–H and O–H groups in total. The third-order valence-electron chi connectivity index (χ3n) is 2.22. The lowest BCUT2D eigenvalue weighted by Crippen LogP contribution is -2.10. The Labute approximate surface area is 108 Å². The number of aliphatic hydroxyl groups excluding tert-OH is 1. The zero-order valence-corrected chi connectivity index (χ0v) is 11.0. The predicted octanol–water partition coefficient (Wildman–Crippen LogP) is 2.57. The van der Waals surface area contributed by atoms with Crippen LogP contribution in [0.4, 0.5) is 0 Å². The van der Waals surface area contributed by atoms with Gasteiger partial charge in [-0.15, -0.1) is 12.8 Å². The van der Waals surface area contributed by atoms with E-state index in [0.717, 1.165) is 13.7 Å². The van der Waals surface area contributed by atoms with Gasteiger partial charge in [-0.25, -0.2) is 0 Å². The highest BCUT2D eigenvalue weighted by atomic mass is 32.2. The first-order valence-corrected chi connectivity index (χ1v) is 6.62. The quantitative estimate of drug-likeness (QED) is 0.838. The second kappa shape index (κ2) is 11.5. The summed E-state index contributed by atoms with van der Waals surface area (Å²) >= 11 is 1.99. The molecule has 0 aromatic heterocycles. The summed E-state index contributed by atoms with van der Waals surface area (Å²) in [5.41, 5.74) is 1.28. The Bertz CT molecular complexity index is 279. The number of thioether (sulfide) groups is 1. The third-order valence-corrected chi connectivity index (χ3v) is 3.35.